The largest absolute Gasteiger partial charge is 0.394 e. The van der Waals surface area contributed by atoms with Crippen LogP contribution in [0, 0.1) is 11.3 Å². The van der Waals surface area contributed by atoms with Crippen molar-refractivity contribution in [3.63, 3.8) is 0 Å². The van der Waals surface area contributed by atoms with Crippen LogP contribution in [0.5, 0.6) is 0 Å². The monoisotopic (exact) mass is 404 g/mol. The number of rotatable bonds is 6. The lowest BCUT2D eigenvalue weighted by atomic mass is 10.1. The fraction of sp³-hybridized carbons (Fsp3) is 0.556. The second-order valence-electron chi connectivity index (χ2n) is 7.25. The number of nitrogens with one attached hydrogen (secondary N) is 2. The number of hydrogen-bond acceptors (Lipinski definition) is 9. The van der Waals surface area contributed by atoms with Crippen molar-refractivity contribution >= 4 is 22.8 Å². The summed E-state index contributed by atoms with van der Waals surface area (Å²) in [5.41, 5.74) is -0.314. The van der Waals surface area contributed by atoms with Crippen LogP contribution in [0.15, 0.2) is 12.5 Å². The Morgan fingerprint density at radius 3 is 2.79 bits per heavy atom. The SMILES string of the molecule is CNC(C)(C)C(=O)Nc1ncnc2c1c(C#N)cn2[C@@H]1O[C@H](CO)C(O)[C@@H]1OC. The zero-order valence-electron chi connectivity index (χ0n) is 16.6. The number of hydrogen-bond donors (Lipinski definition) is 4. The smallest absolute Gasteiger partial charge is 0.245 e. The number of likely N-dealkylation sites (N-methyl/N-ethyl adjacent to an activating group) is 1. The van der Waals surface area contributed by atoms with E-state index in [9.17, 15) is 20.3 Å². The fourth-order valence-electron chi connectivity index (χ4n) is 3.18. The molecular formula is C18H24N6O5. The standard InChI is InChI=1S/C18H24N6O5/c1-18(2,20-3)17(27)23-14-11-9(5-19)6-24(15(11)22-8-21-14)16-13(28-4)12(26)10(7-25)29-16/h6,8,10,12-13,16,20,25-26H,7H2,1-4H3,(H,21,22,23,27)/t10-,12?,13+,16-/m1/s1. The van der Waals surface area contributed by atoms with Crippen LogP contribution in [0.2, 0.25) is 0 Å². The average molecular weight is 404 g/mol. The maximum Gasteiger partial charge on any atom is 0.245 e. The van der Waals surface area contributed by atoms with Gasteiger partial charge < -0.3 is 34.9 Å². The lowest BCUT2D eigenvalue weighted by molar-refractivity contribution is -0.121. The number of carbonyl (C=O) groups is 1. The Kier molecular flexibility index (Phi) is 5.83. The number of fused-ring (bicyclic) bond motifs is 1. The van der Waals surface area contributed by atoms with Gasteiger partial charge in [-0.2, -0.15) is 5.26 Å². The van der Waals surface area contributed by atoms with E-state index in [1.807, 2.05) is 0 Å². The summed E-state index contributed by atoms with van der Waals surface area (Å²) in [4.78, 5) is 20.9. The maximum absolute atomic E-state index is 12.6. The average Bonchev–Trinajstić information content (AvgIpc) is 3.25. The number of nitrogens with zero attached hydrogens (tertiary/aromatic N) is 4. The van der Waals surface area contributed by atoms with E-state index >= 15 is 0 Å². The third-order valence-corrected chi connectivity index (χ3v) is 5.19. The van der Waals surface area contributed by atoms with Crippen molar-refractivity contribution in [3.8, 4) is 6.07 Å². The minimum Gasteiger partial charge on any atom is -0.394 e. The fourth-order valence-corrected chi connectivity index (χ4v) is 3.18. The van der Waals surface area contributed by atoms with E-state index in [0.29, 0.717) is 11.0 Å². The van der Waals surface area contributed by atoms with Gasteiger partial charge in [-0.3, -0.25) is 4.79 Å². The highest BCUT2D eigenvalue weighted by Crippen LogP contribution is 2.36. The van der Waals surface area contributed by atoms with Crippen LogP contribution in [0.4, 0.5) is 5.82 Å². The zero-order valence-corrected chi connectivity index (χ0v) is 16.6. The summed E-state index contributed by atoms with van der Waals surface area (Å²) in [6.07, 6.45) is -0.754. The quantitative estimate of drug-likeness (QED) is 0.499. The van der Waals surface area contributed by atoms with Gasteiger partial charge in [0, 0.05) is 13.3 Å². The van der Waals surface area contributed by atoms with E-state index < -0.39 is 36.7 Å². The van der Waals surface area contributed by atoms with Gasteiger partial charge in [0.25, 0.3) is 0 Å². The molecule has 1 fully saturated rings. The molecule has 0 saturated carbocycles. The van der Waals surface area contributed by atoms with Gasteiger partial charge in [0.15, 0.2) is 6.23 Å². The van der Waals surface area contributed by atoms with Crippen LogP contribution in [0.1, 0.15) is 25.6 Å². The minimum absolute atomic E-state index is 0.185. The van der Waals surface area contributed by atoms with E-state index in [1.54, 1.807) is 25.5 Å². The predicted molar refractivity (Wildman–Crippen MR) is 102 cm³/mol. The molecule has 11 heteroatoms. The highest BCUT2D eigenvalue weighted by Gasteiger charge is 2.45. The Balaban J connectivity index is 2.09. The third kappa shape index (κ3) is 3.57. The lowest BCUT2D eigenvalue weighted by Crippen LogP contribution is -2.48. The number of aliphatic hydroxyl groups is 2. The van der Waals surface area contributed by atoms with E-state index in [-0.39, 0.29) is 17.3 Å². The van der Waals surface area contributed by atoms with Crippen molar-refractivity contribution in [2.45, 2.75) is 43.9 Å². The first-order chi connectivity index (χ1) is 13.8. The predicted octanol–water partition coefficient (Wildman–Crippen LogP) is -0.495. The number of aromatic nitrogens is 3. The molecular weight excluding hydrogens is 380 g/mol. The molecule has 0 aliphatic carbocycles. The van der Waals surface area contributed by atoms with E-state index in [1.165, 1.54) is 19.6 Å². The first-order valence-corrected chi connectivity index (χ1v) is 9.02. The molecule has 1 amide bonds. The molecule has 1 unspecified atom stereocenters. The third-order valence-electron chi connectivity index (χ3n) is 5.19. The van der Waals surface area contributed by atoms with Gasteiger partial charge in [-0.25, -0.2) is 9.97 Å². The molecule has 1 aliphatic rings. The Morgan fingerprint density at radius 1 is 1.48 bits per heavy atom. The van der Waals surface area contributed by atoms with Crippen LogP contribution in [-0.2, 0) is 14.3 Å². The molecule has 2 aromatic heterocycles. The van der Waals surface area contributed by atoms with Crippen molar-refractivity contribution < 1.29 is 24.5 Å². The van der Waals surface area contributed by atoms with Crippen molar-refractivity contribution in [2.24, 2.45) is 0 Å². The summed E-state index contributed by atoms with van der Waals surface area (Å²) in [5.74, 6) is -0.149. The topological polar surface area (TPSA) is 155 Å². The first kappa shape index (κ1) is 21.1. The number of aliphatic hydroxyl groups excluding tert-OH is 2. The van der Waals surface area contributed by atoms with E-state index in [4.69, 9.17) is 9.47 Å². The van der Waals surface area contributed by atoms with Crippen LogP contribution in [0.3, 0.4) is 0 Å². The Morgan fingerprint density at radius 2 is 2.21 bits per heavy atom. The number of ether oxygens (including phenoxy) is 2. The molecule has 156 valence electrons. The van der Waals surface area contributed by atoms with Gasteiger partial charge in [0.05, 0.1) is 23.1 Å². The minimum atomic E-state index is -1.06. The molecule has 0 bridgehead atoms. The summed E-state index contributed by atoms with van der Waals surface area (Å²) >= 11 is 0. The second-order valence-corrected chi connectivity index (χ2v) is 7.25. The van der Waals surface area contributed by atoms with Crippen LogP contribution in [0.25, 0.3) is 11.0 Å². The molecule has 1 saturated heterocycles. The van der Waals surface area contributed by atoms with Gasteiger partial charge >= 0.3 is 0 Å². The van der Waals surface area contributed by atoms with Gasteiger partial charge in [-0.05, 0) is 20.9 Å². The Labute approximate surface area is 167 Å². The molecule has 29 heavy (non-hydrogen) atoms. The summed E-state index contributed by atoms with van der Waals surface area (Å²) in [5, 5.41) is 35.4. The molecule has 3 heterocycles. The number of amides is 1. The molecule has 11 nitrogen and oxygen atoms in total. The van der Waals surface area contributed by atoms with E-state index in [0.717, 1.165) is 0 Å². The number of methoxy groups -OCH3 is 1. The molecule has 0 aromatic carbocycles. The zero-order chi connectivity index (χ0) is 21.3. The second kappa shape index (κ2) is 8.02. The van der Waals surface area contributed by atoms with Gasteiger partial charge in [0.2, 0.25) is 5.91 Å². The Hall–Kier alpha value is -2.62. The normalized spacial score (nSPS) is 24.6. The van der Waals surface area contributed by atoms with Crippen molar-refractivity contribution in [2.75, 3.05) is 26.1 Å². The molecule has 0 spiro atoms. The number of nitriles is 1. The molecule has 4 N–H and O–H groups in total. The highest BCUT2D eigenvalue weighted by molar-refractivity contribution is 6.04. The maximum atomic E-state index is 12.6. The summed E-state index contributed by atoms with van der Waals surface area (Å²) in [6, 6.07) is 2.07. The molecule has 2 aromatic rings. The number of anilines is 1. The van der Waals surface area contributed by atoms with Gasteiger partial charge in [-0.15, -0.1) is 0 Å². The van der Waals surface area contributed by atoms with E-state index in [2.05, 4.69) is 26.7 Å². The lowest BCUT2D eigenvalue weighted by Gasteiger charge is -2.22. The summed E-state index contributed by atoms with van der Waals surface area (Å²) < 4.78 is 12.6. The summed E-state index contributed by atoms with van der Waals surface area (Å²) in [7, 11) is 3.08. The van der Waals surface area contributed by atoms with Crippen molar-refractivity contribution in [1.29, 1.82) is 5.26 Å². The van der Waals surface area contributed by atoms with Gasteiger partial charge in [0.1, 0.15) is 42.2 Å². The molecule has 0 radical (unpaired) electrons. The van der Waals surface area contributed by atoms with Gasteiger partial charge in [-0.1, -0.05) is 0 Å². The summed E-state index contributed by atoms with van der Waals surface area (Å²) in [6.45, 7) is 3.03. The molecule has 4 atom stereocenters. The number of carbonyl (C=O) groups excluding carboxylic acids is 1. The molecule has 1 aliphatic heterocycles. The van der Waals surface area contributed by atoms with Crippen LogP contribution >= 0.6 is 0 Å². The first-order valence-electron chi connectivity index (χ1n) is 9.02. The Bertz CT molecular complexity index is 952. The van der Waals surface area contributed by atoms with Crippen molar-refractivity contribution in [1.82, 2.24) is 19.9 Å². The highest BCUT2D eigenvalue weighted by atomic mass is 16.6. The van der Waals surface area contributed by atoms with Crippen LogP contribution in [-0.4, -0.2) is 75.3 Å². The molecule has 3 rings (SSSR count). The van der Waals surface area contributed by atoms with Crippen LogP contribution < -0.4 is 10.6 Å². The van der Waals surface area contributed by atoms with Crippen molar-refractivity contribution in [3.05, 3.63) is 18.1 Å².